The quantitative estimate of drug-likeness (QED) is 0.281. The molecule has 1 N–H and O–H groups in total. The molecule has 0 aromatic heterocycles. The standard InChI is InChI=1S/C27H28O3Si/c1-31(2,3)26(18-25(28)23-16-8-12-19-10-4-6-14-21(19)23)30-27(29)24-17-9-13-20-11-5-7-15-22(20)24/h4-17,25-26,28H,18H2,1-3H3/t25-,26-/m1/s1. The zero-order chi connectivity index (χ0) is 22.0. The number of hydrogen-bond acceptors (Lipinski definition) is 3. The average Bonchev–Trinajstić information content (AvgIpc) is 2.77. The number of rotatable bonds is 6. The SMILES string of the molecule is C[Si](C)(C)[C@H](C[C@@H](O)c1cccc2ccccc12)OC(=O)c1cccc2ccccc12. The van der Waals surface area contributed by atoms with Crippen molar-refractivity contribution in [3.63, 3.8) is 0 Å². The lowest BCUT2D eigenvalue weighted by Gasteiger charge is -2.31. The van der Waals surface area contributed by atoms with E-state index >= 15 is 0 Å². The van der Waals surface area contributed by atoms with Crippen molar-refractivity contribution in [2.75, 3.05) is 0 Å². The minimum absolute atomic E-state index is 0.312. The van der Waals surface area contributed by atoms with Crippen LogP contribution in [-0.4, -0.2) is 24.9 Å². The van der Waals surface area contributed by atoms with Gasteiger partial charge in [0, 0.05) is 6.42 Å². The van der Waals surface area contributed by atoms with Gasteiger partial charge in [0.2, 0.25) is 0 Å². The van der Waals surface area contributed by atoms with Crippen LogP contribution in [0.1, 0.15) is 28.4 Å². The van der Waals surface area contributed by atoms with E-state index in [9.17, 15) is 9.90 Å². The van der Waals surface area contributed by atoms with E-state index in [2.05, 4.69) is 19.6 Å². The number of benzene rings is 4. The fraction of sp³-hybridized carbons (Fsp3) is 0.222. The number of carbonyl (C=O) groups excluding carboxylic acids is 1. The highest BCUT2D eigenvalue weighted by atomic mass is 28.3. The lowest BCUT2D eigenvalue weighted by Crippen LogP contribution is -2.42. The molecule has 0 spiro atoms. The van der Waals surface area contributed by atoms with Gasteiger partial charge in [-0.1, -0.05) is 98.5 Å². The van der Waals surface area contributed by atoms with Crippen LogP contribution in [0.4, 0.5) is 0 Å². The molecular weight excluding hydrogens is 400 g/mol. The summed E-state index contributed by atoms with van der Waals surface area (Å²) in [6, 6.07) is 27.5. The predicted octanol–water partition coefficient (Wildman–Crippen LogP) is 6.52. The molecular formula is C27H28O3Si. The van der Waals surface area contributed by atoms with Gasteiger partial charge in [-0.2, -0.15) is 0 Å². The highest BCUT2D eigenvalue weighted by molar-refractivity contribution is 6.77. The molecule has 4 aromatic rings. The number of fused-ring (bicyclic) bond motifs is 2. The molecule has 0 amide bonds. The van der Waals surface area contributed by atoms with Crippen molar-refractivity contribution >= 4 is 35.6 Å². The molecule has 0 unspecified atom stereocenters. The number of esters is 1. The number of aliphatic hydroxyl groups is 1. The molecule has 2 atom stereocenters. The summed E-state index contributed by atoms with van der Waals surface area (Å²) in [7, 11) is -1.92. The zero-order valence-corrected chi connectivity index (χ0v) is 19.2. The van der Waals surface area contributed by atoms with Crippen LogP contribution in [0.2, 0.25) is 19.6 Å². The third kappa shape index (κ3) is 4.55. The van der Waals surface area contributed by atoms with Gasteiger partial charge in [0.25, 0.3) is 0 Å². The van der Waals surface area contributed by atoms with Crippen LogP contribution in [0.5, 0.6) is 0 Å². The summed E-state index contributed by atoms with van der Waals surface area (Å²) in [5.74, 6) is -0.325. The Kier molecular flexibility index (Phi) is 5.94. The number of ether oxygens (including phenoxy) is 1. The Morgan fingerprint density at radius 2 is 1.35 bits per heavy atom. The molecule has 0 bridgehead atoms. The van der Waals surface area contributed by atoms with Crippen molar-refractivity contribution < 1.29 is 14.6 Å². The molecule has 0 saturated carbocycles. The first-order valence-corrected chi connectivity index (χ1v) is 14.3. The molecule has 0 radical (unpaired) electrons. The second kappa shape index (κ2) is 8.65. The van der Waals surface area contributed by atoms with Crippen LogP contribution in [0.15, 0.2) is 84.9 Å². The monoisotopic (exact) mass is 428 g/mol. The van der Waals surface area contributed by atoms with Gasteiger partial charge in [-0.05, 0) is 33.2 Å². The summed E-state index contributed by atoms with van der Waals surface area (Å²) in [6.07, 6.45) is -0.316. The van der Waals surface area contributed by atoms with E-state index < -0.39 is 14.2 Å². The molecule has 4 rings (SSSR count). The maximum atomic E-state index is 13.2. The predicted molar refractivity (Wildman–Crippen MR) is 130 cm³/mol. The molecule has 0 saturated heterocycles. The van der Waals surface area contributed by atoms with Gasteiger partial charge in [0.05, 0.1) is 25.5 Å². The second-order valence-electron chi connectivity index (χ2n) is 9.11. The van der Waals surface area contributed by atoms with Gasteiger partial charge < -0.3 is 9.84 Å². The van der Waals surface area contributed by atoms with Gasteiger partial charge in [-0.3, -0.25) is 0 Å². The second-order valence-corrected chi connectivity index (χ2v) is 14.5. The summed E-state index contributed by atoms with van der Waals surface area (Å²) >= 11 is 0. The average molecular weight is 429 g/mol. The van der Waals surface area contributed by atoms with Crippen molar-refractivity contribution in [2.24, 2.45) is 0 Å². The van der Waals surface area contributed by atoms with Crippen LogP contribution in [0, 0.1) is 0 Å². The first kappa shape index (κ1) is 21.3. The van der Waals surface area contributed by atoms with Crippen molar-refractivity contribution in [1.29, 1.82) is 0 Å². The van der Waals surface area contributed by atoms with E-state index in [0.717, 1.165) is 27.1 Å². The van der Waals surface area contributed by atoms with Gasteiger partial charge in [-0.15, -0.1) is 0 Å². The van der Waals surface area contributed by atoms with Gasteiger partial charge in [0.15, 0.2) is 0 Å². The minimum Gasteiger partial charge on any atom is -0.463 e. The third-order valence-electron chi connectivity index (χ3n) is 5.84. The van der Waals surface area contributed by atoms with Crippen molar-refractivity contribution in [3.05, 3.63) is 96.1 Å². The highest BCUT2D eigenvalue weighted by Crippen LogP contribution is 2.31. The third-order valence-corrected chi connectivity index (χ3v) is 8.13. The molecule has 0 aliphatic heterocycles. The number of carbonyl (C=O) groups is 1. The van der Waals surface area contributed by atoms with Crippen molar-refractivity contribution in [1.82, 2.24) is 0 Å². The molecule has 31 heavy (non-hydrogen) atoms. The minimum atomic E-state index is -1.92. The van der Waals surface area contributed by atoms with Gasteiger partial charge in [-0.25, -0.2) is 4.79 Å². The highest BCUT2D eigenvalue weighted by Gasteiger charge is 2.33. The van der Waals surface area contributed by atoms with E-state index in [0.29, 0.717) is 12.0 Å². The molecule has 4 aromatic carbocycles. The molecule has 0 aliphatic rings. The van der Waals surface area contributed by atoms with E-state index in [1.807, 2.05) is 84.9 Å². The Morgan fingerprint density at radius 3 is 2.03 bits per heavy atom. The zero-order valence-electron chi connectivity index (χ0n) is 18.2. The van der Waals surface area contributed by atoms with E-state index in [1.54, 1.807) is 0 Å². The lowest BCUT2D eigenvalue weighted by atomic mass is 9.99. The van der Waals surface area contributed by atoms with Crippen LogP contribution < -0.4 is 0 Å². The Balaban J connectivity index is 1.61. The molecule has 3 nitrogen and oxygen atoms in total. The van der Waals surface area contributed by atoms with Crippen molar-refractivity contribution in [2.45, 2.75) is 37.9 Å². The maximum absolute atomic E-state index is 13.2. The van der Waals surface area contributed by atoms with Crippen LogP contribution in [0.3, 0.4) is 0 Å². The number of aliphatic hydroxyl groups excluding tert-OH is 1. The van der Waals surface area contributed by atoms with Crippen molar-refractivity contribution in [3.8, 4) is 0 Å². The summed E-state index contributed by atoms with van der Waals surface area (Å²) in [6.45, 7) is 6.51. The van der Waals surface area contributed by atoms with E-state index in [-0.39, 0.29) is 11.7 Å². The molecule has 0 fully saturated rings. The Labute approximate surface area is 184 Å². The normalized spacial score (nSPS) is 13.8. The largest absolute Gasteiger partial charge is 0.463 e. The summed E-state index contributed by atoms with van der Waals surface area (Å²) in [4.78, 5) is 13.2. The van der Waals surface area contributed by atoms with Crippen LogP contribution >= 0.6 is 0 Å². The lowest BCUT2D eigenvalue weighted by molar-refractivity contribution is 0.0323. The maximum Gasteiger partial charge on any atom is 0.338 e. The Hall–Kier alpha value is -2.95. The first-order valence-electron chi connectivity index (χ1n) is 10.7. The summed E-state index contributed by atoms with van der Waals surface area (Å²) in [5, 5.41) is 15.2. The van der Waals surface area contributed by atoms with Crippen LogP contribution in [-0.2, 0) is 4.74 Å². The Morgan fingerprint density at radius 1 is 0.806 bits per heavy atom. The molecule has 158 valence electrons. The smallest absolute Gasteiger partial charge is 0.338 e. The van der Waals surface area contributed by atoms with Gasteiger partial charge in [0.1, 0.15) is 0 Å². The number of hydrogen-bond donors (Lipinski definition) is 1. The molecule has 0 heterocycles. The van der Waals surface area contributed by atoms with Crippen LogP contribution in [0.25, 0.3) is 21.5 Å². The van der Waals surface area contributed by atoms with E-state index in [4.69, 9.17) is 4.74 Å². The fourth-order valence-electron chi connectivity index (χ4n) is 4.05. The van der Waals surface area contributed by atoms with E-state index in [1.165, 1.54) is 0 Å². The molecule has 4 heteroatoms. The summed E-state index contributed by atoms with van der Waals surface area (Å²) in [5.41, 5.74) is 1.14. The molecule has 0 aliphatic carbocycles. The topological polar surface area (TPSA) is 46.5 Å². The summed E-state index contributed by atoms with van der Waals surface area (Å²) < 4.78 is 6.08. The fourth-order valence-corrected chi connectivity index (χ4v) is 5.44. The first-order chi connectivity index (χ1) is 14.8. The Bertz CT molecular complexity index is 1220. The van der Waals surface area contributed by atoms with Gasteiger partial charge >= 0.3 is 5.97 Å².